The van der Waals surface area contributed by atoms with Gasteiger partial charge in [0.15, 0.2) is 0 Å². The summed E-state index contributed by atoms with van der Waals surface area (Å²) in [5, 5.41) is 0. The van der Waals surface area contributed by atoms with Gasteiger partial charge in [0.1, 0.15) is 5.60 Å². The molecular weight excluding hydrogens is 398 g/mol. The van der Waals surface area contributed by atoms with E-state index in [-0.39, 0.29) is 11.7 Å². The number of hydrogen-bond acceptors (Lipinski definition) is 3. The molecule has 0 unspecified atom stereocenters. The van der Waals surface area contributed by atoms with E-state index in [9.17, 15) is 4.79 Å². The molecule has 4 nitrogen and oxygen atoms in total. The first kappa shape index (κ1) is 25.7. The van der Waals surface area contributed by atoms with Gasteiger partial charge in [-0.05, 0) is 75.8 Å². The lowest BCUT2D eigenvalue weighted by atomic mass is 9.96. The number of carbonyl (C=O) groups excluding carboxylic acids is 1. The second kappa shape index (κ2) is 10.8. The van der Waals surface area contributed by atoms with Gasteiger partial charge in [0.25, 0.3) is 0 Å². The van der Waals surface area contributed by atoms with Crippen molar-refractivity contribution in [2.24, 2.45) is 5.92 Å². The molecule has 0 radical (unpaired) electrons. The summed E-state index contributed by atoms with van der Waals surface area (Å²) in [5.74, 6) is 0.644. The van der Waals surface area contributed by atoms with Gasteiger partial charge in [0.05, 0.1) is 5.60 Å². The van der Waals surface area contributed by atoms with Crippen molar-refractivity contribution in [2.45, 2.75) is 66.1 Å². The van der Waals surface area contributed by atoms with Crippen LogP contribution in [-0.2, 0) is 15.1 Å². The van der Waals surface area contributed by atoms with Crippen molar-refractivity contribution in [2.75, 3.05) is 18.6 Å². The molecule has 0 N–H and O–H groups in total. The summed E-state index contributed by atoms with van der Waals surface area (Å²) in [7, 11) is 1.72. The minimum atomic E-state index is -0.515. The third kappa shape index (κ3) is 8.16. The zero-order valence-corrected chi connectivity index (χ0v) is 20.9. The summed E-state index contributed by atoms with van der Waals surface area (Å²) in [6.45, 7) is 15.0. The van der Waals surface area contributed by atoms with Crippen molar-refractivity contribution >= 4 is 23.9 Å². The topological polar surface area (TPSA) is 38.8 Å². The molecule has 0 saturated heterocycles. The molecule has 0 fully saturated rings. The molecule has 0 aliphatic carbocycles. The Labute approximate surface area is 194 Å². The molecule has 0 heterocycles. The summed E-state index contributed by atoms with van der Waals surface area (Å²) in [4.78, 5) is 13.7. The average molecular weight is 438 g/mol. The Morgan fingerprint density at radius 2 is 1.41 bits per heavy atom. The molecule has 0 atom stereocenters. The van der Waals surface area contributed by atoms with E-state index in [0.717, 1.165) is 29.8 Å². The highest BCUT2D eigenvalue weighted by Crippen LogP contribution is 2.26. The van der Waals surface area contributed by atoms with Crippen molar-refractivity contribution in [1.29, 1.82) is 0 Å². The van der Waals surface area contributed by atoms with E-state index in [2.05, 4.69) is 64.1 Å². The molecule has 0 aromatic heterocycles. The van der Waals surface area contributed by atoms with Gasteiger partial charge < -0.3 is 9.47 Å². The van der Waals surface area contributed by atoms with Crippen molar-refractivity contribution in [1.82, 2.24) is 0 Å². The lowest BCUT2D eigenvalue weighted by molar-refractivity contribution is -0.0262. The molecule has 0 aliphatic heterocycles. The molecule has 32 heavy (non-hydrogen) atoms. The van der Waals surface area contributed by atoms with Crippen molar-refractivity contribution in [3.63, 3.8) is 0 Å². The van der Waals surface area contributed by atoms with Crippen molar-refractivity contribution < 1.29 is 14.3 Å². The predicted molar refractivity (Wildman–Crippen MR) is 135 cm³/mol. The van der Waals surface area contributed by atoms with E-state index < -0.39 is 5.60 Å². The van der Waals surface area contributed by atoms with E-state index in [1.54, 1.807) is 7.05 Å². The molecule has 0 spiro atoms. The van der Waals surface area contributed by atoms with Crippen LogP contribution in [0.1, 0.15) is 71.6 Å². The van der Waals surface area contributed by atoms with Gasteiger partial charge in [-0.1, -0.05) is 62.4 Å². The maximum Gasteiger partial charge on any atom is 0.414 e. The highest BCUT2D eigenvalue weighted by atomic mass is 16.6. The molecule has 1 amide bonds. The van der Waals surface area contributed by atoms with Gasteiger partial charge >= 0.3 is 6.09 Å². The van der Waals surface area contributed by atoms with Crippen molar-refractivity contribution in [3.05, 3.63) is 65.2 Å². The Kier molecular flexibility index (Phi) is 8.68. The second-order valence-electron chi connectivity index (χ2n) is 10.1. The molecule has 2 rings (SSSR count). The normalized spacial score (nSPS) is 12.4. The Hall–Kier alpha value is -2.59. The number of hydrogen-bond donors (Lipinski definition) is 0. The lowest BCUT2D eigenvalue weighted by Crippen LogP contribution is -2.34. The van der Waals surface area contributed by atoms with E-state index in [1.165, 1.54) is 10.5 Å². The minimum Gasteiger partial charge on any atom is -0.443 e. The van der Waals surface area contributed by atoms with Gasteiger partial charge in [-0.15, -0.1) is 0 Å². The monoisotopic (exact) mass is 437 g/mol. The van der Waals surface area contributed by atoms with Crippen LogP contribution in [0.2, 0.25) is 0 Å². The standard InChI is InChI=1S/C28H39NO3/c1-21(2)19-20-31-28(6,7)24-15-11-22(12-16-24)9-10-23-13-17-25(18-14-23)29(8)26(30)32-27(3,4)5/h9-18,21H,19-20H2,1-8H3/b10-9+. The fourth-order valence-electron chi connectivity index (χ4n) is 3.07. The minimum absolute atomic E-state index is 0.298. The van der Waals surface area contributed by atoms with Gasteiger partial charge in [-0.3, -0.25) is 4.90 Å². The van der Waals surface area contributed by atoms with Crippen LogP contribution in [0.25, 0.3) is 12.2 Å². The van der Waals surface area contributed by atoms with Gasteiger partial charge in [-0.25, -0.2) is 4.79 Å². The number of rotatable bonds is 8. The largest absolute Gasteiger partial charge is 0.443 e. The first-order chi connectivity index (χ1) is 14.9. The van der Waals surface area contributed by atoms with Crippen molar-refractivity contribution in [3.8, 4) is 0 Å². The Morgan fingerprint density at radius 3 is 1.88 bits per heavy atom. The summed E-state index contributed by atoms with van der Waals surface area (Å²) in [5.41, 5.74) is 3.34. The zero-order valence-electron chi connectivity index (χ0n) is 20.9. The van der Waals surface area contributed by atoms with Gasteiger partial charge in [-0.2, -0.15) is 0 Å². The first-order valence-electron chi connectivity index (χ1n) is 11.4. The zero-order chi connectivity index (χ0) is 23.9. The SMILES string of the molecule is CC(C)CCOC(C)(C)c1ccc(/C=C/c2ccc(N(C)C(=O)OC(C)(C)C)cc2)cc1. The number of carbonyl (C=O) groups is 1. The maximum atomic E-state index is 12.2. The summed E-state index contributed by atoms with van der Waals surface area (Å²) in [6, 6.07) is 16.3. The molecule has 2 aromatic carbocycles. The summed E-state index contributed by atoms with van der Waals surface area (Å²) in [6.07, 6.45) is 4.85. The molecule has 2 aromatic rings. The Morgan fingerprint density at radius 1 is 0.906 bits per heavy atom. The average Bonchev–Trinajstić information content (AvgIpc) is 2.70. The first-order valence-corrected chi connectivity index (χ1v) is 11.4. The van der Waals surface area contributed by atoms with Crippen LogP contribution in [0, 0.1) is 5.92 Å². The number of anilines is 1. The van der Waals surface area contributed by atoms with Crippen LogP contribution < -0.4 is 4.90 Å². The lowest BCUT2D eigenvalue weighted by Gasteiger charge is -2.26. The molecule has 0 aliphatic rings. The third-order valence-corrected chi connectivity index (χ3v) is 5.18. The Balaban J connectivity index is 1.99. The predicted octanol–water partition coefficient (Wildman–Crippen LogP) is 7.53. The number of benzene rings is 2. The highest BCUT2D eigenvalue weighted by Gasteiger charge is 2.21. The number of amides is 1. The van der Waals surface area contributed by atoms with Crippen LogP contribution in [0.15, 0.2) is 48.5 Å². The second-order valence-corrected chi connectivity index (χ2v) is 10.1. The van der Waals surface area contributed by atoms with Crippen LogP contribution in [0.4, 0.5) is 10.5 Å². The van der Waals surface area contributed by atoms with Gasteiger partial charge in [0, 0.05) is 19.3 Å². The van der Waals surface area contributed by atoms with E-state index in [0.29, 0.717) is 5.92 Å². The number of ether oxygens (including phenoxy) is 2. The maximum absolute atomic E-state index is 12.2. The highest BCUT2D eigenvalue weighted by molar-refractivity contribution is 5.87. The summed E-state index contributed by atoms with van der Waals surface area (Å²) < 4.78 is 11.5. The molecule has 174 valence electrons. The molecule has 0 saturated carbocycles. The smallest absolute Gasteiger partial charge is 0.414 e. The van der Waals surface area contributed by atoms with Gasteiger partial charge in [0.2, 0.25) is 0 Å². The molecular formula is C28H39NO3. The third-order valence-electron chi connectivity index (χ3n) is 5.18. The molecule has 0 bridgehead atoms. The molecule has 4 heteroatoms. The van der Waals surface area contributed by atoms with Crippen LogP contribution in [0.3, 0.4) is 0 Å². The fraction of sp³-hybridized carbons (Fsp3) is 0.464. The summed E-state index contributed by atoms with van der Waals surface area (Å²) >= 11 is 0. The van der Waals surface area contributed by atoms with Crippen LogP contribution in [-0.4, -0.2) is 25.3 Å². The van der Waals surface area contributed by atoms with E-state index >= 15 is 0 Å². The Bertz CT molecular complexity index is 888. The van der Waals surface area contributed by atoms with E-state index in [1.807, 2.05) is 45.0 Å². The quantitative estimate of drug-likeness (QED) is 0.401. The number of nitrogens with zero attached hydrogens (tertiary/aromatic N) is 1. The van der Waals surface area contributed by atoms with Crippen LogP contribution in [0.5, 0.6) is 0 Å². The van der Waals surface area contributed by atoms with Crippen LogP contribution >= 0.6 is 0 Å². The van der Waals surface area contributed by atoms with E-state index in [4.69, 9.17) is 9.47 Å². The fourth-order valence-corrected chi connectivity index (χ4v) is 3.07.